The van der Waals surface area contributed by atoms with Crippen LogP contribution in [0.15, 0.2) is 0 Å². The van der Waals surface area contributed by atoms with Gasteiger partial charge in [-0.05, 0) is 0 Å². The van der Waals surface area contributed by atoms with Crippen molar-refractivity contribution in [2.45, 2.75) is 8.37 Å². The van der Waals surface area contributed by atoms with Crippen LogP contribution in [0.3, 0.4) is 0 Å². The summed E-state index contributed by atoms with van der Waals surface area (Å²) < 4.78 is 52.2. The van der Waals surface area contributed by atoms with Gasteiger partial charge in [0.05, 0.1) is 0 Å². The lowest BCUT2D eigenvalue weighted by atomic mass is 10.9. The van der Waals surface area contributed by atoms with Gasteiger partial charge in [0.2, 0.25) is 4.71 Å². The van der Waals surface area contributed by atoms with Crippen molar-refractivity contribution in [3.63, 3.8) is 0 Å². The minimum Gasteiger partial charge on any atom is -0.284 e. The van der Waals surface area contributed by atoms with Crippen LogP contribution in [0.5, 0.6) is 0 Å². The first kappa shape index (κ1) is 13.7. The number of halogens is 3. The van der Waals surface area contributed by atoms with Crippen molar-refractivity contribution in [2.24, 2.45) is 0 Å². The van der Waals surface area contributed by atoms with E-state index in [2.05, 4.69) is 0 Å². The summed E-state index contributed by atoms with van der Waals surface area (Å²) in [4.78, 5) is 0. The van der Waals surface area contributed by atoms with Crippen molar-refractivity contribution in [1.29, 1.82) is 0 Å². The molecule has 2 N–H and O–H groups in total. The monoisotopic (exact) mass is 292 g/mol. The Bertz CT molecular complexity index is 380. The summed E-state index contributed by atoms with van der Waals surface area (Å²) in [7, 11) is -10.1. The van der Waals surface area contributed by atoms with Gasteiger partial charge in [-0.15, -0.1) is 0 Å². The van der Waals surface area contributed by atoms with E-state index in [9.17, 15) is 16.8 Å². The second-order valence-corrected chi connectivity index (χ2v) is 7.49. The molecule has 0 aromatic carbocycles. The predicted octanol–water partition coefficient (Wildman–Crippen LogP) is 0.458. The van der Waals surface area contributed by atoms with Crippen LogP contribution in [0.2, 0.25) is 0 Å². The summed E-state index contributed by atoms with van der Waals surface area (Å²) in [6.45, 7) is 0. The van der Waals surface area contributed by atoms with Crippen LogP contribution >= 0.6 is 34.8 Å². The maximum Gasteiger partial charge on any atom is 0.302 e. The molecule has 1 unspecified atom stereocenters. The average molecular weight is 294 g/mol. The lowest BCUT2D eigenvalue weighted by molar-refractivity contribution is 0.460. The molecule has 0 bridgehead atoms. The van der Waals surface area contributed by atoms with Gasteiger partial charge < -0.3 is 0 Å². The molecule has 6 nitrogen and oxygen atoms in total. The maximum atomic E-state index is 10.4. The molecule has 0 spiro atoms. The number of hydrogen-bond donors (Lipinski definition) is 2. The molecular weight excluding hydrogens is 291 g/mol. The lowest BCUT2D eigenvalue weighted by Gasteiger charge is -2.18. The van der Waals surface area contributed by atoms with Gasteiger partial charge in [-0.3, -0.25) is 9.11 Å². The average Bonchev–Trinajstić information content (AvgIpc) is 1.81. The molecule has 0 saturated heterocycles. The Morgan fingerprint density at radius 3 is 1.46 bits per heavy atom. The van der Waals surface area contributed by atoms with Crippen molar-refractivity contribution in [3.05, 3.63) is 0 Å². The number of rotatable bonds is 3. The molecule has 11 heteroatoms. The van der Waals surface area contributed by atoms with Crippen molar-refractivity contribution in [3.8, 4) is 0 Å². The fraction of sp³-hybridized carbons (Fsp3) is 1.00. The molecule has 0 aromatic heterocycles. The van der Waals surface area contributed by atoms with Crippen LogP contribution in [0.1, 0.15) is 0 Å². The van der Waals surface area contributed by atoms with Gasteiger partial charge in [0.15, 0.2) is 0 Å². The Balaban J connectivity index is 5.35. The summed E-state index contributed by atoms with van der Waals surface area (Å²) in [6, 6.07) is 0. The normalized spacial score (nSPS) is 17.0. The zero-order valence-corrected chi connectivity index (χ0v) is 9.46. The summed E-state index contributed by atoms with van der Waals surface area (Å²) in [6.07, 6.45) is 0. The lowest BCUT2D eigenvalue weighted by Crippen LogP contribution is -2.40. The SMILES string of the molecule is O=S(=O)(O)C(Cl)C(Cl)(Cl)S(=O)(=O)O. The van der Waals surface area contributed by atoms with Gasteiger partial charge in [0.25, 0.3) is 13.8 Å². The largest absolute Gasteiger partial charge is 0.302 e. The fourth-order valence-electron chi connectivity index (χ4n) is 0.290. The second-order valence-electron chi connectivity index (χ2n) is 1.87. The minimum atomic E-state index is -5.12. The van der Waals surface area contributed by atoms with Gasteiger partial charge in [0.1, 0.15) is 0 Å². The molecule has 80 valence electrons. The predicted molar refractivity (Wildman–Crippen MR) is 47.2 cm³/mol. The fourth-order valence-corrected chi connectivity index (χ4v) is 2.61. The molecule has 0 saturated carbocycles. The molecule has 0 aliphatic carbocycles. The molecule has 13 heavy (non-hydrogen) atoms. The Morgan fingerprint density at radius 1 is 1.08 bits per heavy atom. The molecule has 0 heterocycles. The van der Waals surface area contributed by atoms with E-state index in [-0.39, 0.29) is 0 Å². The van der Waals surface area contributed by atoms with E-state index >= 15 is 0 Å². The van der Waals surface area contributed by atoms with Gasteiger partial charge in [-0.25, -0.2) is 0 Å². The van der Waals surface area contributed by atoms with Crippen molar-refractivity contribution in [2.75, 3.05) is 0 Å². The highest BCUT2D eigenvalue weighted by molar-refractivity contribution is 7.94. The first-order valence-corrected chi connectivity index (χ1v) is 6.49. The van der Waals surface area contributed by atoms with E-state index in [1.165, 1.54) is 0 Å². The highest BCUT2D eigenvalue weighted by Crippen LogP contribution is 2.36. The van der Waals surface area contributed by atoms with E-state index < -0.39 is 28.6 Å². The molecular formula is C2H3Cl3O6S2. The molecule has 0 amide bonds. The second kappa shape index (κ2) is 3.69. The van der Waals surface area contributed by atoms with E-state index in [0.29, 0.717) is 0 Å². The van der Waals surface area contributed by atoms with E-state index in [1.807, 2.05) is 0 Å². The molecule has 0 aliphatic rings. The third-order valence-corrected chi connectivity index (χ3v) is 6.04. The molecule has 0 aromatic rings. The summed E-state index contributed by atoms with van der Waals surface area (Å²) >= 11 is 14.7. The highest BCUT2D eigenvalue weighted by Gasteiger charge is 2.52. The van der Waals surface area contributed by atoms with Crippen LogP contribution in [0, 0.1) is 0 Å². The third-order valence-electron chi connectivity index (χ3n) is 0.870. The molecule has 0 aliphatic heterocycles. The number of alkyl halides is 3. The highest BCUT2D eigenvalue weighted by atomic mass is 35.5. The van der Waals surface area contributed by atoms with Crippen LogP contribution in [-0.2, 0) is 20.2 Å². The minimum absolute atomic E-state index is 2.58. The third kappa shape index (κ3) is 3.08. The first-order valence-electron chi connectivity index (χ1n) is 2.36. The van der Waals surface area contributed by atoms with E-state index in [4.69, 9.17) is 43.9 Å². The van der Waals surface area contributed by atoms with Gasteiger partial charge >= 0.3 is 10.1 Å². The Labute approximate surface area is 89.3 Å². The summed E-state index contributed by atoms with van der Waals surface area (Å²) in [5.74, 6) is 0. The summed E-state index contributed by atoms with van der Waals surface area (Å²) in [5.41, 5.74) is 0. The number of hydrogen-bond acceptors (Lipinski definition) is 4. The zero-order valence-electron chi connectivity index (χ0n) is 5.56. The quantitative estimate of drug-likeness (QED) is 0.578. The maximum absolute atomic E-state index is 10.4. The molecule has 0 rings (SSSR count). The summed E-state index contributed by atoms with van der Waals surface area (Å²) in [5, 5.41) is 0. The molecule has 1 atom stereocenters. The Hall–Kier alpha value is 0.690. The van der Waals surface area contributed by atoms with Crippen molar-refractivity contribution < 1.29 is 25.9 Å². The van der Waals surface area contributed by atoms with Crippen LogP contribution in [0.4, 0.5) is 0 Å². The van der Waals surface area contributed by atoms with Crippen LogP contribution in [-0.4, -0.2) is 34.3 Å². The van der Waals surface area contributed by atoms with Crippen molar-refractivity contribution >= 4 is 55.0 Å². The van der Waals surface area contributed by atoms with Gasteiger partial charge in [-0.2, -0.15) is 16.8 Å². The first-order chi connectivity index (χ1) is 5.40. The standard InChI is InChI=1S/C2H3Cl3O6S2/c3-1(12(6,7)8)2(4,5)13(9,10)11/h1H,(H,6,7,8)(H,9,10,11). The van der Waals surface area contributed by atoms with E-state index in [1.54, 1.807) is 0 Å². The van der Waals surface area contributed by atoms with Crippen LogP contribution < -0.4 is 0 Å². The van der Waals surface area contributed by atoms with Crippen molar-refractivity contribution in [1.82, 2.24) is 0 Å². The Morgan fingerprint density at radius 2 is 1.38 bits per heavy atom. The van der Waals surface area contributed by atoms with Gasteiger partial charge in [-0.1, -0.05) is 34.8 Å². The van der Waals surface area contributed by atoms with Gasteiger partial charge in [0, 0.05) is 0 Å². The smallest absolute Gasteiger partial charge is 0.284 e. The van der Waals surface area contributed by atoms with Crippen LogP contribution in [0.25, 0.3) is 0 Å². The molecule has 0 fully saturated rings. The van der Waals surface area contributed by atoms with E-state index in [0.717, 1.165) is 0 Å². The topological polar surface area (TPSA) is 109 Å². The Kier molecular flexibility index (Phi) is 3.88. The zero-order chi connectivity index (χ0) is 11.1. The molecule has 0 radical (unpaired) electrons.